The summed E-state index contributed by atoms with van der Waals surface area (Å²) in [6.45, 7) is 10.6. The molecule has 24 heavy (non-hydrogen) atoms. The molecule has 4 heteroatoms. The van der Waals surface area contributed by atoms with E-state index in [2.05, 4.69) is 47.7 Å². The molecule has 130 valence electrons. The van der Waals surface area contributed by atoms with Gasteiger partial charge in [-0.1, -0.05) is 42.8 Å². The monoisotopic (exact) mass is 391 g/mol. The van der Waals surface area contributed by atoms with E-state index in [9.17, 15) is 4.79 Å². The van der Waals surface area contributed by atoms with Crippen molar-refractivity contribution in [3.63, 3.8) is 0 Å². The second-order valence-electron chi connectivity index (χ2n) is 7.71. The Morgan fingerprint density at radius 2 is 1.92 bits per heavy atom. The fourth-order valence-electron chi connectivity index (χ4n) is 3.36. The fourth-order valence-corrected chi connectivity index (χ4v) is 3.70. The molecular formula is C20H26BrNO2. The third kappa shape index (κ3) is 3.39. The van der Waals surface area contributed by atoms with Gasteiger partial charge in [-0.05, 0) is 43.2 Å². The highest BCUT2D eigenvalue weighted by Crippen LogP contribution is 2.36. The quantitative estimate of drug-likeness (QED) is 0.640. The zero-order chi connectivity index (χ0) is 17.5. The number of nitrogens with zero attached hydrogens (tertiary/aromatic N) is 1. The van der Waals surface area contributed by atoms with Crippen LogP contribution in [0.2, 0.25) is 0 Å². The van der Waals surface area contributed by atoms with Gasteiger partial charge in [0.15, 0.2) is 11.3 Å². The summed E-state index contributed by atoms with van der Waals surface area (Å²) in [6, 6.07) is 5.72. The molecular weight excluding hydrogens is 366 g/mol. The van der Waals surface area contributed by atoms with Crippen LogP contribution in [0.5, 0.6) is 0 Å². The highest BCUT2D eigenvalue weighted by atomic mass is 79.9. The Bertz CT molecular complexity index is 799. The number of fused-ring (bicyclic) bond motifs is 1. The lowest BCUT2D eigenvalue weighted by Crippen LogP contribution is -2.37. The van der Waals surface area contributed by atoms with Crippen molar-refractivity contribution in [3.8, 4) is 0 Å². The van der Waals surface area contributed by atoms with Crippen LogP contribution in [-0.4, -0.2) is 13.1 Å². The van der Waals surface area contributed by atoms with Gasteiger partial charge in [0.05, 0.1) is 5.39 Å². The minimum absolute atomic E-state index is 0.0526. The summed E-state index contributed by atoms with van der Waals surface area (Å²) in [7, 11) is 0. The highest BCUT2D eigenvalue weighted by molar-refractivity contribution is 9.09. The van der Waals surface area contributed by atoms with Crippen LogP contribution >= 0.6 is 15.9 Å². The van der Waals surface area contributed by atoms with E-state index in [1.165, 1.54) is 0 Å². The van der Waals surface area contributed by atoms with E-state index in [0.29, 0.717) is 16.7 Å². The summed E-state index contributed by atoms with van der Waals surface area (Å²) < 4.78 is 6.26. The van der Waals surface area contributed by atoms with Crippen LogP contribution in [0.15, 0.2) is 27.4 Å². The number of halogens is 1. The molecule has 1 aromatic carbocycles. The van der Waals surface area contributed by atoms with Gasteiger partial charge in [-0.3, -0.25) is 4.79 Å². The number of benzene rings is 1. The third-order valence-electron chi connectivity index (χ3n) is 5.11. The predicted octanol–water partition coefficient (Wildman–Crippen LogP) is 5.57. The molecule has 0 radical (unpaired) electrons. The van der Waals surface area contributed by atoms with Crippen molar-refractivity contribution < 1.29 is 4.42 Å². The maximum Gasteiger partial charge on any atom is 0.199 e. The summed E-state index contributed by atoms with van der Waals surface area (Å²) in [6.07, 6.45) is 3.18. The molecule has 0 bridgehead atoms. The van der Waals surface area contributed by atoms with Crippen LogP contribution < -0.4 is 10.3 Å². The van der Waals surface area contributed by atoms with Gasteiger partial charge in [0, 0.05) is 29.5 Å². The van der Waals surface area contributed by atoms with Gasteiger partial charge in [-0.15, -0.1) is 0 Å². The summed E-state index contributed by atoms with van der Waals surface area (Å²) in [5.74, 6) is 0.712. The molecule has 1 unspecified atom stereocenters. The lowest BCUT2D eigenvalue weighted by molar-refractivity contribution is 0.274. The van der Waals surface area contributed by atoms with Gasteiger partial charge < -0.3 is 9.32 Å². The number of alkyl halides is 1. The van der Waals surface area contributed by atoms with Crippen molar-refractivity contribution >= 4 is 32.8 Å². The number of aryl methyl sites for hydroxylation is 1. The number of anilines is 1. The molecule has 0 spiro atoms. The molecule has 0 aliphatic carbocycles. The average molecular weight is 392 g/mol. The molecule has 3 nitrogen and oxygen atoms in total. The topological polar surface area (TPSA) is 33.5 Å². The second-order valence-corrected chi connectivity index (χ2v) is 8.81. The van der Waals surface area contributed by atoms with Crippen LogP contribution in [-0.2, 0) is 0 Å². The summed E-state index contributed by atoms with van der Waals surface area (Å²) in [5.41, 5.74) is 3.33. The van der Waals surface area contributed by atoms with Crippen molar-refractivity contribution in [1.29, 1.82) is 0 Å². The predicted molar refractivity (Wildman–Crippen MR) is 104 cm³/mol. The second kappa shape index (κ2) is 6.55. The molecule has 1 saturated heterocycles. The molecule has 1 fully saturated rings. The number of hydrogen-bond acceptors (Lipinski definition) is 3. The highest BCUT2D eigenvalue weighted by Gasteiger charge is 2.27. The average Bonchev–Trinajstić information content (AvgIpc) is 2.54. The van der Waals surface area contributed by atoms with Crippen molar-refractivity contribution in [1.82, 2.24) is 0 Å². The zero-order valence-electron chi connectivity index (χ0n) is 15.0. The standard InChI is InChI=1S/C20H26BrNO2/c1-5-16(21)14-10-13(2)11-15-17(23)12-18(24-19(14)15)22-8-6-20(3,4)7-9-22/h10-12,16H,5-9H2,1-4H3. The van der Waals surface area contributed by atoms with Gasteiger partial charge in [-0.2, -0.15) is 0 Å². The summed E-state index contributed by atoms with van der Waals surface area (Å²) in [5, 5.41) is 0.684. The number of piperidine rings is 1. The van der Waals surface area contributed by atoms with Crippen LogP contribution in [0.4, 0.5) is 5.88 Å². The van der Waals surface area contributed by atoms with Crippen molar-refractivity contribution in [2.45, 2.75) is 51.8 Å². The van der Waals surface area contributed by atoms with Crippen molar-refractivity contribution in [3.05, 3.63) is 39.5 Å². The largest absolute Gasteiger partial charge is 0.440 e. The van der Waals surface area contributed by atoms with Gasteiger partial charge in [0.1, 0.15) is 5.58 Å². The maximum absolute atomic E-state index is 12.7. The summed E-state index contributed by atoms with van der Waals surface area (Å²) in [4.78, 5) is 15.1. The molecule has 1 aliphatic rings. The zero-order valence-corrected chi connectivity index (χ0v) is 16.6. The Balaban J connectivity index is 2.09. The van der Waals surface area contributed by atoms with Crippen LogP contribution in [0, 0.1) is 12.3 Å². The molecule has 0 N–H and O–H groups in total. The van der Waals surface area contributed by atoms with E-state index in [0.717, 1.165) is 49.1 Å². The Morgan fingerprint density at radius 1 is 1.25 bits per heavy atom. The Labute approximate surface area is 152 Å². The fraction of sp³-hybridized carbons (Fsp3) is 0.550. The molecule has 2 heterocycles. The number of rotatable bonds is 3. The first-order chi connectivity index (χ1) is 11.3. The molecule has 0 saturated carbocycles. The Kier molecular flexibility index (Phi) is 4.78. The van der Waals surface area contributed by atoms with E-state index in [1.54, 1.807) is 6.07 Å². The lowest BCUT2D eigenvalue weighted by atomic mass is 9.83. The molecule has 1 aliphatic heterocycles. The van der Waals surface area contributed by atoms with Gasteiger partial charge >= 0.3 is 0 Å². The van der Waals surface area contributed by atoms with E-state index in [1.807, 2.05) is 13.0 Å². The van der Waals surface area contributed by atoms with E-state index >= 15 is 0 Å². The molecule has 1 aromatic heterocycles. The summed E-state index contributed by atoms with van der Waals surface area (Å²) >= 11 is 3.72. The van der Waals surface area contributed by atoms with Gasteiger partial charge in [0.2, 0.25) is 0 Å². The SMILES string of the molecule is CCC(Br)c1cc(C)cc2c(=O)cc(N3CCC(C)(C)CC3)oc12. The smallest absolute Gasteiger partial charge is 0.199 e. The third-order valence-corrected chi connectivity index (χ3v) is 6.25. The Morgan fingerprint density at radius 3 is 2.54 bits per heavy atom. The first kappa shape index (κ1) is 17.5. The van der Waals surface area contributed by atoms with Crippen molar-refractivity contribution in [2.24, 2.45) is 5.41 Å². The first-order valence-electron chi connectivity index (χ1n) is 8.78. The van der Waals surface area contributed by atoms with E-state index in [4.69, 9.17) is 4.42 Å². The molecule has 2 aromatic rings. The molecule has 3 rings (SSSR count). The minimum atomic E-state index is 0.0526. The molecule has 1 atom stereocenters. The van der Waals surface area contributed by atoms with Crippen LogP contribution in [0.3, 0.4) is 0 Å². The maximum atomic E-state index is 12.7. The Hall–Kier alpha value is -1.29. The number of hydrogen-bond donors (Lipinski definition) is 0. The van der Waals surface area contributed by atoms with Crippen LogP contribution in [0.25, 0.3) is 11.0 Å². The first-order valence-corrected chi connectivity index (χ1v) is 9.70. The van der Waals surface area contributed by atoms with Crippen LogP contribution in [0.1, 0.15) is 56.0 Å². The van der Waals surface area contributed by atoms with E-state index < -0.39 is 0 Å². The molecule has 0 amide bonds. The van der Waals surface area contributed by atoms with Crippen molar-refractivity contribution in [2.75, 3.05) is 18.0 Å². The minimum Gasteiger partial charge on any atom is -0.440 e. The van der Waals surface area contributed by atoms with Gasteiger partial charge in [-0.25, -0.2) is 0 Å². The normalized spacial score (nSPS) is 18.8. The lowest BCUT2D eigenvalue weighted by Gasteiger charge is -2.37. The van der Waals surface area contributed by atoms with E-state index in [-0.39, 0.29) is 10.3 Å². The van der Waals surface area contributed by atoms with Gasteiger partial charge in [0.25, 0.3) is 0 Å².